The summed E-state index contributed by atoms with van der Waals surface area (Å²) in [7, 11) is 7.29. The fourth-order valence-corrected chi connectivity index (χ4v) is 1.80. The van der Waals surface area contributed by atoms with Crippen molar-refractivity contribution >= 4 is 5.69 Å². The molecule has 0 saturated heterocycles. The lowest BCUT2D eigenvalue weighted by Crippen LogP contribution is -2.18. The fourth-order valence-electron chi connectivity index (χ4n) is 1.80. The van der Waals surface area contributed by atoms with E-state index in [1.54, 1.807) is 14.2 Å². The minimum Gasteiger partial charge on any atom is -0.496 e. The maximum absolute atomic E-state index is 5.83. The summed E-state index contributed by atoms with van der Waals surface area (Å²) in [5.41, 5.74) is 7.90. The second-order valence-electron chi connectivity index (χ2n) is 4.41. The summed E-state index contributed by atoms with van der Waals surface area (Å²) in [6.45, 7) is 1.98. The Morgan fingerprint density at radius 2 is 1.76 bits per heavy atom. The second-order valence-corrected chi connectivity index (χ2v) is 4.41. The fraction of sp³-hybridized carbons (Fsp3) is 0.538. The van der Waals surface area contributed by atoms with Crippen molar-refractivity contribution in [3.8, 4) is 11.5 Å². The minimum absolute atomic E-state index is 0.0961. The van der Waals surface area contributed by atoms with E-state index in [1.807, 2.05) is 38.1 Å². The van der Waals surface area contributed by atoms with Crippen LogP contribution in [0.3, 0.4) is 0 Å². The highest BCUT2D eigenvalue weighted by Crippen LogP contribution is 2.34. The molecule has 1 aromatic carbocycles. The Kier molecular flexibility index (Phi) is 4.63. The summed E-state index contributed by atoms with van der Waals surface area (Å²) in [4.78, 5) is 2.00. The molecule has 0 fully saturated rings. The van der Waals surface area contributed by atoms with Crippen molar-refractivity contribution in [1.82, 2.24) is 0 Å². The third kappa shape index (κ3) is 3.27. The van der Waals surface area contributed by atoms with Gasteiger partial charge < -0.3 is 20.1 Å². The number of hydrogen-bond acceptors (Lipinski definition) is 4. The molecule has 1 aromatic rings. The normalized spacial score (nSPS) is 12.1. The Morgan fingerprint density at radius 1 is 1.18 bits per heavy atom. The maximum atomic E-state index is 5.83. The first kappa shape index (κ1) is 13.6. The predicted octanol–water partition coefficient (Wildman–Crippen LogP) is 1.66. The van der Waals surface area contributed by atoms with Crippen molar-refractivity contribution in [3.63, 3.8) is 0 Å². The summed E-state index contributed by atoms with van der Waals surface area (Å²) in [5.74, 6) is 1.69. The predicted molar refractivity (Wildman–Crippen MR) is 71.2 cm³/mol. The van der Waals surface area contributed by atoms with Crippen LogP contribution in [0.15, 0.2) is 12.1 Å². The van der Waals surface area contributed by atoms with E-state index < -0.39 is 0 Å². The van der Waals surface area contributed by atoms with E-state index in [0.717, 1.165) is 29.2 Å². The van der Waals surface area contributed by atoms with Gasteiger partial charge in [-0.1, -0.05) is 0 Å². The molecule has 0 aliphatic carbocycles. The molecule has 0 radical (unpaired) electrons. The van der Waals surface area contributed by atoms with Crippen LogP contribution in [-0.4, -0.2) is 34.4 Å². The van der Waals surface area contributed by atoms with Crippen LogP contribution in [0, 0.1) is 0 Å². The van der Waals surface area contributed by atoms with Gasteiger partial charge in [-0.2, -0.15) is 0 Å². The van der Waals surface area contributed by atoms with Crippen LogP contribution in [-0.2, 0) is 6.42 Å². The van der Waals surface area contributed by atoms with E-state index in [0.29, 0.717) is 0 Å². The van der Waals surface area contributed by atoms with Crippen LogP contribution in [0.5, 0.6) is 11.5 Å². The van der Waals surface area contributed by atoms with Crippen LogP contribution >= 0.6 is 0 Å². The van der Waals surface area contributed by atoms with Crippen molar-refractivity contribution < 1.29 is 9.47 Å². The number of ether oxygens (including phenoxy) is 2. The van der Waals surface area contributed by atoms with E-state index in [2.05, 4.69) is 0 Å². The highest BCUT2D eigenvalue weighted by molar-refractivity contribution is 5.63. The standard InChI is InChI=1S/C13H22N2O2/c1-9(14)6-10-7-13(17-5)11(15(2)3)8-12(10)16-4/h7-9H,6,14H2,1-5H3. The molecular weight excluding hydrogens is 216 g/mol. The first-order valence-electron chi connectivity index (χ1n) is 5.67. The third-order valence-electron chi connectivity index (χ3n) is 2.61. The van der Waals surface area contributed by atoms with Crippen LogP contribution in [0.25, 0.3) is 0 Å². The average molecular weight is 238 g/mol. The molecule has 1 atom stereocenters. The third-order valence-corrected chi connectivity index (χ3v) is 2.61. The zero-order valence-electron chi connectivity index (χ0n) is 11.3. The molecule has 1 unspecified atom stereocenters. The smallest absolute Gasteiger partial charge is 0.142 e. The zero-order valence-corrected chi connectivity index (χ0v) is 11.3. The summed E-state index contributed by atoms with van der Waals surface area (Å²) < 4.78 is 10.8. The van der Waals surface area contributed by atoms with Gasteiger partial charge in [-0.05, 0) is 25.0 Å². The molecule has 0 bridgehead atoms. The first-order valence-corrected chi connectivity index (χ1v) is 5.67. The van der Waals surface area contributed by atoms with Crippen molar-refractivity contribution in [2.24, 2.45) is 5.73 Å². The Bertz CT molecular complexity index is 376. The maximum Gasteiger partial charge on any atom is 0.142 e. The molecule has 96 valence electrons. The van der Waals surface area contributed by atoms with E-state index in [9.17, 15) is 0 Å². The molecule has 4 heteroatoms. The lowest BCUT2D eigenvalue weighted by Gasteiger charge is -2.20. The Labute approximate surface area is 103 Å². The van der Waals surface area contributed by atoms with E-state index in [1.165, 1.54) is 0 Å². The number of nitrogens with zero attached hydrogens (tertiary/aromatic N) is 1. The second kappa shape index (κ2) is 5.77. The first-order chi connectivity index (χ1) is 7.99. The minimum atomic E-state index is 0.0961. The number of benzene rings is 1. The Morgan fingerprint density at radius 3 is 2.18 bits per heavy atom. The van der Waals surface area contributed by atoms with Gasteiger partial charge in [-0.25, -0.2) is 0 Å². The molecule has 0 spiro atoms. The molecule has 0 saturated carbocycles. The number of nitrogens with two attached hydrogens (primary N) is 1. The highest BCUT2D eigenvalue weighted by Gasteiger charge is 2.13. The monoisotopic (exact) mass is 238 g/mol. The highest BCUT2D eigenvalue weighted by atomic mass is 16.5. The van der Waals surface area contributed by atoms with Crippen LogP contribution in [0.2, 0.25) is 0 Å². The van der Waals surface area contributed by atoms with Gasteiger partial charge in [0.15, 0.2) is 0 Å². The lowest BCUT2D eigenvalue weighted by molar-refractivity contribution is 0.398. The van der Waals surface area contributed by atoms with Crippen LogP contribution in [0.4, 0.5) is 5.69 Å². The van der Waals surface area contributed by atoms with Crippen molar-refractivity contribution in [1.29, 1.82) is 0 Å². The molecule has 4 nitrogen and oxygen atoms in total. The topological polar surface area (TPSA) is 47.7 Å². The van der Waals surface area contributed by atoms with Gasteiger partial charge in [0, 0.05) is 26.2 Å². The molecular formula is C13H22N2O2. The zero-order chi connectivity index (χ0) is 13.0. The quantitative estimate of drug-likeness (QED) is 0.847. The van der Waals surface area contributed by atoms with Crippen molar-refractivity contribution in [3.05, 3.63) is 17.7 Å². The van der Waals surface area contributed by atoms with Gasteiger partial charge in [0.1, 0.15) is 11.5 Å². The average Bonchev–Trinajstić information content (AvgIpc) is 2.27. The molecule has 0 aliphatic rings. The van der Waals surface area contributed by atoms with Crippen LogP contribution in [0.1, 0.15) is 12.5 Å². The molecule has 0 aliphatic heterocycles. The molecule has 1 rings (SSSR count). The summed E-state index contributed by atoms with van der Waals surface area (Å²) in [6, 6.07) is 4.08. The molecule has 0 amide bonds. The van der Waals surface area contributed by atoms with Gasteiger partial charge >= 0.3 is 0 Å². The van der Waals surface area contributed by atoms with E-state index in [-0.39, 0.29) is 6.04 Å². The van der Waals surface area contributed by atoms with Gasteiger partial charge in [0.05, 0.1) is 19.9 Å². The molecule has 0 aromatic heterocycles. The Balaban J connectivity index is 3.22. The largest absolute Gasteiger partial charge is 0.496 e. The summed E-state index contributed by atoms with van der Waals surface area (Å²) >= 11 is 0. The number of methoxy groups -OCH3 is 2. The van der Waals surface area contributed by atoms with Gasteiger partial charge in [0.25, 0.3) is 0 Å². The van der Waals surface area contributed by atoms with Gasteiger partial charge in [0.2, 0.25) is 0 Å². The molecule has 17 heavy (non-hydrogen) atoms. The molecule has 0 heterocycles. The SMILES string of the molecule is COc1cc(N(C)C)c(OC)cc1CC(C)N. The van der Waals surface area contributed by atoms with E-state index >= 15 is 0 Å². The summed E-state index contributed by atoms with van der Waals surface area (Å²) in [5, 5.41) is 0. The van der Waals surface area contributed by atoms with Crippen molar-refractivity contribution in [2.45, 2.75) is 19.4 Å². The van der Waals surface area contributed by atoms with E-state index in [4.69, 9.17) is 15.2 Å². The number of hydrogen-bond donors (Lipinski definition) is 1. The number of anilines is 1. The summed E-state index contributed by atoms with van der Waals surface area (Å²) in [6.07, 6.45) is 0.771. The van der Waals surface area contributed by atoms with Gasteiger partial charge in [-0.3, -0.25) is 0 Å². The number of rotatable bonds is 5. The van der Waals surface area contributed by atoms with Crippen molar-refractivity contribution in [2.75, 3.05) is 33.2 Å². The van der Waals surface area contributed by atoms with Gasteiger partial charge in [-0.15, -0.1) is 0 Å². The Hall–Kier alpha value is -1.42. The molecule has 2 N–H and O–H groups in total. The van der Waals surface area contributed by atoms with Crippen LogP contribution < -0.4 is 20.1 Å². The lowest BCUT2D eigenvalue weighted by atomic mass is 10.0.